The molecule has 160 valence electrons. The largest absolute Gasteiger partial charge is 0.491 e. The zero-order chi connectivity index (χ0) is 20.7. The first kappa shape index (κ1) is 23.4. The summed E-state index contributed by atoms with van der Waals surface area (Å²) in [6, 6.07) is 3.80. The van der Waals surface area contributed by atoms with Gasteiger partial charge in [-0.3, -0.25) is 9.80 Å². The van der Waals surface area contributed by atoms with Crippen LogP contribution in [-0.2, 0) is 4.74 Å². The van der Waals surface area contributed by atoms with Crippen LogP contribution < -0.4 is 4.74 Å². The number of hydrogen-bond acceptors (Lipinski definition) is 6. The lowest BCUT2D eigenvalue weighted by molar-refractivity contribution is -0.0176. The number of aryl methyl sites for hydroxylation is 2. The normalized spacial score (nSPS) is 18.4. The van der Waals surface area contributed by atoms with Gasteiger partial charge in [0.05, 0.1) is 18.8 Å². The molecule has 0 aromatic heterocycles. The number of ether oxygens (including phenoxy) is 2. The van der Waals surface area contributed by atoms with E-state index < -0.39 is 12.2 Å². The van der Waals surface area contributed by atoms with Crippen LogP contribution in [0.25, 0.3) is 0 Å². The fraction of sp³-hybridized carbons (Fsp3) is 0.714. The van der Waals surface area contributed by atoms with Gasteiger partial charge < -0.3 is 19.7 Å². The summed E-state index contributed by atoms with van der Waals surface area (Å²) in [6.07, 6.45) is -0.872. The van der Waals surface area contributed by atoms with E-state index in [1.807, 2.05) is 39.8 Å². The molecule has 1 aliphatic rings. The van der Waals surface area contributed by atoms with Crippen LogP contribution in [0, 0.1) is 13.8 Å². The van der Waals surface area contributed by atoms with Gasteiger partial charge in [-0.2, -0.15) is 0 Å². The molecule has 2 N–H and O–H groups in total. The van der Waals surface area contributed by atoms with E-state index in [-0.39, 0.29) is 12.7 Å². The van der Waals surface area contributed by atoms with Crippen molar-refractivity contribution in [2.45, 2.75) is 46.0 Å². The second-order valence-corrected chi connectivity index (χ2v) is 8.35. The van der Waals surface area contributed by atoms with Crippen molar-refractivity contribution in [1.82, 2.24) is 9.80 Å². The van der Waals surface area contributed by atoms with Crippen LogP contribution in [0.15, 0.2) is 12.1 Å². The summed E-state index contributed by atoms with van der Waals surface area (Å²) in [4.78, 5) is 4.48. The smallest absolute Gasteiger partial charge is 0.120 e. The van der Waals surface area contributed by atoms with E-state index in [9.17, 15) is 10.2 Å². The number of piperazine rings is 1. The first-order valence-electron chi connectivity index (χ1n) is 10.1. The van der Waals surface area contributed by atoms with E-state index in [4.69, 9.17) is 21.1 Å². The third-order valence-corrected chi connectivity index (χ3v) is 5.47. The Labute approximate surface area is 174 Å². The Morgan fingerprint density at radius 2 is 1.39 bits per heavy atom. The van der Waals surface area contributed by atoms with Crippen molar-refractivity contribution in [2.24, 2.45) is 0 Å². The molecule has 1 aromatic rings. The lowest BCUT2D eigenvalue weighted by Gasteiger charge is -2.36. The van der Waals surface area contributed by atoms with Crippen molar-refractivity contribution in [3.8, 4) is 5.75 Å². The molecule has 2 rings (SSSR count). The molecule has 1 heterocycles. The molecule has 0 radical (unpaired) electrons. The monoisotopic (exact) mass is 414 g/mol. The maximum Gasteiger partial charge on any atom is 0.120 e. The Balaban J connectivity index is 1.67. The number of nitrogens with zero attached hydrogens (tertiary/aromatic N) is 2. The first-order chi connectivity index (χ1) is 13.2. The summed E-state index contributed by atoms with van der Waals surface area (Å²) >= 11 is 6.18. The Morgan fingerprint density at radius 3 is 1.86 bits per heavy atom. The molecule has 2 atom stereocenters. The Morgan fingerprint density at radius 1 is 0.929 bits per heavy atom. The zero-order valence-electron chi connectivity index (χ0n) is 17.5. The third kappa shape index (κ3) is 7.85. The van der Waals surface area contributed by atoms with Gasteiger partial charge in [-0.25, -0.2) is 0 Å². The van der Waals surface area contributed by atoms with Crippen LogP contribution in [0.2, 0.25) is 5.02 Å². The number of halogens is 1. The van der Waals surface area contributed by atoms with Gasteiger partial charge in [0.1, 0.15) is 18.5 Å². The van der Waals surface area contributed by atoms with E-state index in [0.29, 0.717) is 19.7 Å². The van der Waals surface area contributed by atoms with E-state index >= 15 is 0 Å². The number of aliphatic hydroxyl groups excluding tert-OH is 2. The molecule has 0 saturated carbocycles. The van der Waals surface area contributed by atoms with Gasteiger partial charge in [-0.15, -0.1) is 0 Å². The maximum absolute atomic E-state index is 10.3. The highest BCUT2D eigenvalue weighted by Gasteiger charge is 2.21. The highest BCUT2D eigenvalue weighted by atomic mass is 35.5. The van der Waals surface area contributed by atoms with Gasteiger partial charge in [0.2, 0.25) is 0 Å². The van der Waals surface area contributed by atoms with Crippen molar-refractivity contribution in [2.75, 3.05) is 52.5 Å². The Bertz CT molecular complexity index is 583. The Kier molecular flexibility index (Phi) is 9.47. The molecule has 0 amide bonds. The molecule has 0 spiro atoms. The summed E-state index contributed by atoms with van der Waals surface area (Å²) in [5, 5.41) is 21.1. The van der Waals surface area contributed by atoms with Crippen LogP contribution in [0.1, 0.15) is 25.0 Å². The van der Waals surface area contributed by atoms with Crippen molar-refractivity contribution >= 4 is 11.6 Å². The number of rotatable bonds is 10. The minimum Gasteiger partial charge on any atom is -0.491 e. The fourth-order valence-corrected chi connectivity index (χ4v) is 3.45. The summed E-state index contributed by atoms with van der Waals surface area (Å²) in [5.74, 6) is 0.737. The molecule has 0 unspecified atom stereocenters. The van der Waals surface area contributed by atoms with E-state index in [2.05, 4.69) is 9.80 Å². The van der Waals surface area contributed by atoms with Crippen LogP contribution in [0.4, 0.5) is 0 Å². The second kappa shape index (κ2) is 11.3. The molecule has 7 heteroatoms. The van der Waals surface area contributed by atoms with Crippen molar-refractivity contribution in [1.29, 1.82) is 0 Å². The minimum atomic E-state index is -0.548. The number of hydrogen-bond donors (Lipinski definition) is 2. The third-order valence-electron chi connectivity index (χ3n) is 4.88. The predicted molar refractivity (Wildman–Crippen MR) is 112 cm³/mol. The van der Waals surface area contributed by atoms with E-state index in [1.54, 1.807) is 0 Å². The summed E-state index contributed by atoms with van der Waals surface area (Å²) in [5.41, 5.74) is 1.95. The second-order valence-electron chi connectivity index (χ2n) is 7.97. The Hall–Kier alpha value is -0.890. The molecule has 0 aliphatic carbocycles. The van der Waals surface area contributed by atoms with Gasteiger partial charge in [0.25, 0.3) is 0 Å². The van der Waals surface area contributed by atoms with Crippen molar-refractivity contribution < 1.29 is 19.7 Å². The highest BCUT2D eigenvalue weighted by Crippen LogP contribution is 2.25. The highest BCUT2D eigenvalue weighted by molar-refractivity contribution is 6.32. The molecule has 1 fully saturated rings. The summed E-state index contributed by atoms with van der Waals surface area (Å²) < 4.78 is 11.2. The standard InChI is InChI=1S/C21H35ClN2O4/c1-15(2)27-13-18(25)11-23-5-7-24(8-6-23)12-19(26)14-28-20-9-16(3)21(22)17(4)10-20/h9-10,15,18-19,25-26H,5-8,11-14H2,1-4H3/t18-,19+/m1/s1. The van der Waals surface area contributed by atoms with Gasteiger partial charge in [0, 0.05) is 44.3 Å². The lowest BCUT2D eigenvalue weighted by atomic mass is 10.1. The van der Waals surface area contributed by atoms with Crippen LogP contribution in [0.5, 0.6) is 5.75 Å². The fourth-order valence-electron chi connectivity index (χ4n) is 3.34. The predicted octanol–water partition coefficient (Wildman–Crippen LogP) is 2.10. The molecule has 1 aromatic carbocycles. The summed E-state index contributed by atoms with van der Waals surface area (Å²) in [6.45, 7) is 13.2. The SMILES string of the molecule is Cc1cc(OC[C@@H](O)CN2CCN(C[C@@H](O)COC(C)C)CC2)cc(C)c1Cl. The van der Waals surface area contributed by atoms with E-state index in [0.717, 1.165) is 48.1 Å². The molecule has 28 heavy (non-hydrogen) atoms. The molecule has 6 nitrogen and oxygen atoms in total. The number of aliphatic hydroxyl groups is 2. The van der Waals surface area contributed by atoms with Crippen LogP contribution in [0.3, 0.4) is 0 Å². The summed E-state index contributed by atoms with van der Waals surface area (Å²) in [7, 11) is 0. The van der Waals surface area contributed by atoms with Gasteiger partial charge in [0.15, 0.2) is 0 Å². The molecule has 1 saturated heterocycles. The van der Waals surface area contributed by atoms with Gasteiger partial charge in [-0.05, 0) is 51.0 Å². The molecule has 0 bridgehead atoms. The van der Waals surface area contributed by atoms with Crippen LogP contribution >= 0.6 is 11.6 Å². The molecular weight excluding hydrogens is 380 g/mol. The van der Waals surface area contributed by atoms with E-state index in [1.165, 1.54) is 0 Å². The quantitative estimate of drug-likeness (QED) is 0.611. The van der Waals surface area contributed by atoms with Crippen LogP contribution in [-0.4, -0.2) is 90.8 Å². The van der Waals surface area contributed by atoms with Gasteiger partial charge >= 0.3 is 0 Å². The van der Waals surface area contributed by atoms with Crippen molar-refractivity contribution in [3.63, 3.8) is 0 Å². The average molecular weight is 415 g/mol. The minimum absolute atomic E-state index is 0.135. The topological polar surface area (TPSA) is 65.4 Å². The molecule has 1 aliphatic heterocycles. The average Bonchev–Trinajstić information content (AvgIpc) is 2.64. The van der Waals surface area contributed by atoms with Crippen molar-refractivity contribution in [3.05, 3.63) is 28.3 Å². The maximum atomic E-state index is 10.3. The molecular formula is C21H35ClN2O4. The first-order valence-corrected chi connectivity index (χ1v) is 10.4. The number of β-amino-alcohol motifs (C(OH)–C–C–N with tert-alkyl or cyclic N) is 2. The zero-order valence-corrected chi connectivity index (χ0v) is 18.3. The van der Waals surface area contributed by atoms with Gasteiger partial charge in [-0.1, -0.05) is 11.6 Å². The lowest BCUT2D eigenvalue weighted by Crippen LogP contribution is -2.51. The number of benzene rings is 1.